The van der Waals surface area contributed by atoms with Crippen molar-refractivity contribution in [1.29, 1.82) is 0 Å². The monoisotopic (exact) mass is 227 g/mol. The van der Waals surface area contributed by atoms with E-state index in [1.165, 1.54) is 32.4 Å². The van der Waals surface area contributed by atoms with E-state index in [1.807, 2.05) is 0 Å². The fraction of sp³-hybridized carbons (Fsp3) is 0.909. The number of nitrogens with zero attached hydrogens (tertiary/aromatic N) is 3. The highest BCUT2D eigenvalue weighted by atomic mass is 32.1. The average Bonchev–Trinajstić information content (AvgIpc) is 2.30. The summed E-state index contributed by atoms with van der Waals surface area (Å²) in [5, 5.41) is 1.10. The van der Waals surface area contributed by atoms with Crippen LogP contribution in [0.4, 0.5) is 0 Å². The molecule has 0 aliphatic carbocycles. The first-order valence-electron chi connectivity index (χ1n) is 6.00. The quantitative estimate of drug-likeness (QED) is 0.571. The first-order chi connectivity index (χ1) is 7.27. The molecular weight excluding hydrogens is 206 g/mol. The first-order valence-corrected chi connectivity index (χ1v) is 6.40. The highest BCUT2D eigenvalue weighted by molar-refractivity contribution is 7.80. The summed E-state index contributed by atoms with van der Waals surface area (Å²) in [6.45, 7) is 6.84. The van der Waals surface area contributed by atoms with E-state index in [0.717, 1.165) is 31.3 Å². The first kappa shape index (κ1) is 11.1. The summed E-state index contributed by atoms with van der Waals surface area (Å²) in [6, 6.07) is 0. The predicted molar refractivity (Wildman–Crippen MR) is 67.1 cm³/mol. The molecule has 86 valence electrons. The Labute approximate surface area is 98.0 Å². The third kappa shape index (κ3) is 2.82. The van der Waals surface area contributed by atoms with Crippen LogP contribution in [0.5, 0.6) is 0 Å². The zero-order valence-corrected chi connectivity index (χ0v) is 10.4. The van der Waals surface area contributed by atoms with E-state index in [-0.39, 0.29) is 0 Å². The molecule has 2 fully saturated rings. The van der Waals surface area contributed by atoms with Gasteiger partial charge >= 0.3 is 0 Å². The maximum atomic E-state index is 5.57. The van der Waals surface area contributed by atoms with Crippen LogP contribution in [0, 0.1) is 0 Å². The van der Waals surface area contributed by atoms with Crippen LogP contribution in [-0.4, -0.2) is 66.1 Å². The molecule has 3 nitrogen and oxygen atoms in total. The van der Waals surface area contributed by atoms with E-state index in [9.17, 15) is 0 Å². The van der Waals surface area contributed by atoms with Crippen LogP contribution in [0.15, 0.2) is 0 Å². The number of piperidine rings is 1. The van der Waals surface area contributed by atoms with Crippen LogP contribution in [-0.2, 0) is 0 Å². The fourth-order valence-corrected chi connectivity index (χ4v) is 2.65. The van der Waals surface area contributed by atoms with Crippen LogP contribution < -0.4 is 0 Å². The molecule has 2 rings (SSSR count). The maximum Gasteiger partial charge on any atom is 0.171 e. The minimum absolute atomic E-state index is 1.10. The third-order valence-corrected chi connectivity index (χ3v) is 3.92. The highest BCUT2D eigenvalue weighted by Crippen LogP contribution is 2.12. The van der Waals surface area contributed by atoms with Crippen molar-refractivity contribution in [2.45, 2.75) is 19.3 Å². The Balaban J connectivity index is 1.84. The van der Waals surface area contributed by atoms with Crippen LogP contribution in [0.3, 0.4) is 0 Å². The second kappa shape index (κ2) is 5.12. The van der Waals surface area contributed by atoms with Gasteiger partial charge in [-0.15, -0.1) is 0 Å². The summed E-state index contributed by atoms with van der Waals surface area (Å²) < 4.78 is 0. The molecular formula is C11H21N3S. The summed E-state index contributed by atoms with van der Waals surface area (Å²) in [4.78, 5) is 7.14. The number of hydrogen-bond acceptors (Lipinski definition) is 2. The molecule has 2 saturated heterocycles. The van der Waals surface area contributed by atoms with Gasteiger partial charge in [0.1, 0.15) is 0 Å². The van der Waals surface area contributed by atoms with Crippen molar-refractivity contribution in [1.82, 2.24) is 14.7 Å². The summed E-state index contributed by atoms with van der Waals surface area (Å²) >= 11 is 5.57. The summed E-state index contributed by atoms with van der Waals surface area (Å²) in [5.74, 6) is 0. The molecule has 2 aliphatic rings. The van der Waals surface area contributed by atoms with Crippen molar-refractivity contribution in [3.05, 3.63) is 0 Å². The average molecular weight is 227 g/mol. The predicted octanol–water partition coefficient (Wildman–Crippen LogP) is 1.00. The Hall–Kier alpha value is -0.350. The number of thiocarbonyl (C=S) groups is 1. The lowest BCUT2D eigenvalue weighted by Crippen LogP contribution is -2.52. The fourth-order valence-electron chi connectivity index (χ4n) is 2.28. The zero-order valence-electron chi connectivity index (χ0n) is 9.61. The van der Waals surface area contributed by atoms with Gasteiger partial charge in [-0.1, -0.05) is 0 Å². The van der Waals surface area contributed by atoms with Crippen molar-refractivity contribution in [2.75, 3.05) is 46.3 Å². The molecule has 0 N–H and O–H groups in total. The largest absolute Gasteiger partial charge is 0.349 e. The topological polar surface area (TPSA) is 9.72 Å². The molecule has 0 spiro atoms. The van der Waals surface area contributed by atoms with Crippen LogP contribution >= 0.6 is 12.2 Å². The molecule has 0 aromatic heterocycles. The van der Waals surface area contributed by atoms with E-state index in [2.05, 4.69) is 21.7 Å². The number of likely N-dealkylation sites (N-methyl/N-ethyl adjacent to an activating group) is 1. The molecule has 2 heterocycles. The van der Waals surface area contributed by atoms with Crippen LogP contribution in [0.2, 0.25) is 0 Å². The van der Waals surface area contributed by atoms with Gasteiger partial charge in [-0.25, -0.2) is 0 Å². The second-order valence-electron chi connectivity index (χ2n) is 4.62. The van der Waals surface area contributed by atoms with Crippen molar-refractivity contribution >= 4 is 17.3 Å². The van der Waals surface area contributed by atoms with E-state index in [0.29, 0.717) is 0 Å². The normalized spacial score (nSPS) is 24.3. The molecule has 0 amide bonds. The Morgan fingerprint density at radius 1 is 0.800 bits per heavy atom. The summed E-state index contributed by atoms with van der Waals surface area (Å²) in [5.41, 5.74) is 0. The van der Waals surface area contributed by atoms with Crippen molar-refractivity contribution in [3.63, 3.8) is 0 Å². The molecule has 0 saturated carbocycles. The van der Waals surface area contributed by atoms with Gasteiger partial charge in [-0.3, -0.25) is 0 Å². The van der Waals surface area contributed by atoms with Gasteiger partial charge in [0.2, 0.25) is 0 Å². The van der Waals surface area contributed by atoms with Crippen LogP contribution in [0.25, 0.3) is 0 Å². The number of rotatable bonds is 0. The highest BCUT2D eigenvalue weighted by Gasteiger charge is 2.21. The Kier molecular flexibility index (Phi) is 3.81. The van der Waals surface area contributed by atoms with Gasteiger partial charge in [-0.05, 0) is 38.5 Å². The molecule has 0 aromatic rings. The van der Waals surface area contributed by atoms with Gasteiger partial charge < -0.3 is 14.7 Å². The van der Waals surface area contributed by atoms with E-state index in [4.69, 9.17) is 12.2 Å². The Morgan fingerprint density at radius 2 is 1.33 bits per heavy atom. The van der Waals surface area contributed by atoms with Gasteiger partial charge in [-0.2, -0.15) is 0 Å². The van der Waals surface area contributed by atoms with Gasteiger partial charge in [0, 0.05) is 39.3 Å². The third-order valence-electron chi connectivity index (χ3n) is 3.40. The lowest BCUT2D eigenvalue weighted by Gasteiger charge is -2.39. The van der Waals surface area contributed by atoms with Gasteiger partial charge in [0.05, 0.1) is 0 Å². The number of hydrogen-bond donors (Lipinski definition) is 0. The van der Waals surface area contributed by atoms with E-state index < -0.39 is 0 Å². The van der Waals surface area contributed by atoms with E-state index >= 15 is 0 Å². The summed E-state index contributed by atoms with van der Waals surface area (Å²) in [7, 11) is 2.18. The van der Waals surface area contributed by atoms with Gasteiger partial charge in [0.25, 0.3) is 0 Å². The molecule has 0 radical (unpaired) electrons. The van der Waals surface area contributed by atoms with Crippen molar-refractivity contribution in [2.24, 2.45) is 0 Å². The molecule has 2 aliphatic heterocycles. The molecule has 0 aromatic carbocycles. The smallest absolute Gasteiger partial charge is 0.171 e. The molecule has 4 heteroatoms. The van der Waals surface area contributed by atoms with Crippen LogP contribution in [0.1, 0.15) is 19.3 Å². The summed E-state index contributed by atoms with van der Waals surface area (Å²) in [6.07, 6.45) is 4.00. The maximum absolute atomic E-state index is 5.57. The lowest BCUT2D eigenvalue weighted by molar-refractivity contribution is 0.195. The Bertz CT molecular complexity index is 218. The number of piperazine rings is 1. The SMILES string of the molecule is CN1CCN(C(=S)N2CCCCC2)CC1. The minimum Gasteiger partial charge on any atom is -0.349 e. The zero-order chi connectivity index (χ0) is 10.7. The molecule has 0 atom stereocenters. The second-order valence-corrected chi connectivity index (χ2v) is 4.99. The van der Waals surface area contributed by atoms with Gasteiger partial charge in [0.15, 0.2) is 5.11 Å². The number of likely N-dealkylation sites (tertiary alicyclic amines) is 1. The molecule has 0 bridgehead atoms. The lowest BCUT2D eigenvalue weighted by atomic mass is 10.1. The van der Waals surface area contributed by atoms with Crippen molar-refractivity contribution < 1.29 is 0 Å². The van der Waals surface area contributed by atoms with Crippen molar-refractivity contribution in [3.8, 4) is 0 Å². The molecule has 15 heavy (non-hydrogen) atoms. The van der Waals surface area contributed by atoms with E-state index in [1.54, 1.807) is 0 Å². The minimum atomic E-state index is 1.10. The Morgan fingerprint density at radius 3 is 1.93 bits per heavy atom. The molecule has 0 unspecified atom stereocenters. The standard InChI is InChI=1S/C11H21N3S/c1-12-7-9-14(10-8-12)11(15)13-5-3-2-4-6-13/h2-10H2,1H3.